The number of aryl methyl sites for hydroxylation is 1. The SMILES string of the molecule is Cc1cccn2c(=O)c(/C=C3\SC(=S)N(CCC(C)C)C3=O)c(N3CCN(Cc4ccccc4)CC3)nc12. The Morgan fingerprint density at radius 3 is 2.50 bits per heavy atom. The van der Waals surface area contributed by atoms with Gasteiger partial charge in [-0.15, -0.1) is 0 Å². The molecule has 0 bridgehead atoms. The van der Waals surface area contributed by atoms with E-state index in [1.807, 2.05) is 25.1 Å². The minimum absolute atomic E-state index is 0.131. The van der Waals surface area contributed by atoms with Gasteiger partial charge < -0.3 is 4.90 Å². The van der Waals surface area contributed by atoms with Gasteiger partial charge in [0.25, 0.3) is 11.5 Å². The summed E-state index contributed by atoms with van der Waals surface area (Å²) in [5.41, 5.74) is 3.13. The fourth-order valence-corrected chi connectivity index (χ4v) is 6.13. The predicted octanol–water partition coefficient (Wildman–Crippen LogP) is 4.57. The first kappa shape index (κ1) is 26.6. The summed E-state index contributed by atoms with van der Waals surface area (Å²) >= 11 is 6.80. The number of fused-ring (bicyclic) bond motifs is 1. The van der Waals surface area contributed by atoms with Crippen molar-refractivity contribution < 1.29 is 4.79 Å². The standard InChI is InChI=1S/C29H33N5O2S2/c1-20(2)11-13-34-28(36)24(38-29(34)37)18-23-26(30-25-21(3)8-7-12-33(25)27(23)35)32-16-14-31(15-17-32)19-22-9-5-4-6-10-22/h4-10,12,18,20H,11,13-17,19H2,1-3H3/b24-18-. The highest BCUT2D eigenvalue weighted by atomic mass is 32.2. The molecule has 0 radical (unpaired) electrons. The fourth-order valence-electron chi connectivity index (χ4n) is 4.84. The molecule has 2 aromatic heterocycles. The van der Waals surface area contributed by atoms with Gasteiger partial charge in [-0.1, -0.05) is 74.2 Å². The van der Waals surface area contributed by atoms with Gasteiger partial charge in [0.1, 0.15) is 15.8 Å². The Morgan fingerprint density at radius 1 is 1.05 bits per heavy atom. The first-order valence-corrected chi connectivity index (χ1v) is 14.3. The van der Waals surface area contributed by atoms with Gasteiger partial charge in [-0.05, 0) is 42.5 Å². The Kier molecular flexibility index (Phi) is 7.97. The summed E-state index contributed by atoms with van der Waals surface area (Å²) in [7, 11) is 0. The lowest BCUT2D eigenvalue weighted by Gasteiger charge is -2.36. The van der Waals surface area contributed by atoms with Crippen molar-refractivity contribution in [3.63, 3.8) is 0 Å². The van der Waals surface area contributed by atoms with Gasteiger partial charge in [-0.2, -0.15) is 0 Å². The lowest BCUT2D eigenvalue weighted by Crippen LogP contribution is -2.47. The molecule has 5 rings (SSSR count). The number of hydrogen-bond acceptors (Lipinski definition) is 7. The van der Waals surface area contributed by atoms with Crippen LogP contribution in [0.25, 0.3) is 11.7 Å². The molecule has 2 aliphatic rings. The van der Waals surface area contributed by atoms with Crippen LogP contribution in [0.2, 0.25) is 0 Å². The van der Waals surface area contributed by atoms with E-state index in [4.69, 9.17) is 17.2 Å². The van der Waals surface area contributed by atoms with E-state index in [-0.39, 0.29) is 11.5 Å². The first-order valence-electron chi connectivity index (χ1n) is 13.1. The molecule has 9 heteroatoms. The van der Waals surface area contributed by atoms with Crippen molar-refractivity contribution in [3.8, 4) is 0 Å². The molecular formula is C29H33N5O2S2. The molecule has 7 nitrogen and oxygen atoms in total. The molecule has 4 heterocycles. The van der Waals surface area contributed by atoms with Gasteiger partial charge in [0.15, 0.2) is 0 Å². The summed E-state index contributed by atoms with van der Waals surface area (Å²) in [5.74, 6) is 0.970. The number of pyridine rings is 1. The zero-order valence-electron chi connectivity index (χ0n) is 22.1. The van der Waals surface area contributed by atoms with Crippen LogP contribution in [0.5, 0.6) is 0 Å². The van der Waals surface area contributed by atoms with Crippen molar-refractivity contribution in [1.29, 1.82) is 0 Å². The van der Waals surface area contributed by atoms with Gasteiger partial charge in [-0.3, -0.25) is 23.8 Å². The summed E-state index contributed by atoms with van der Waals surface area (Å²) in [5, 5.41) is 0. The Morgan fingerprint density at radius 2 is 1.79 bits per heavy atom. The Hall–Kier alpha value is -3.01. The number of carbonyl (C=O) groups excluding carboxylic acids is 1. The number of benzene rings is 1. The lowest BCUT2D eigenvalue weighted by molar-refractivity contribution is -0.122. The third kappa shape index (κ3) is 5.55. The van der Waals surface area contributed by atoms with E-state index >= 15 is 0 Å². The maximum Gasteiger partial charge on any atom is 0.267 e. The normalized spacial score (nSPS) is 17.9. The van der Waals surface area contributed by atoms with Crippen molar-refractivity contribution in [3.05, 3.63) is 80.6 Å². The van der Waals surface area contributed by atoms with Gasteiger partial charge in [-0.25, -0.2) is 4.98 Å². The number of aromatic nitrogens is 2. The summed E-state index contributed by atoms with van der Waals surface area (Å²) in [6.45, 7) is 10.9. The molecule has 0 atom stereocenters. The van der Waals surface area contributed by atoms with Crippen LogP contribution in [-0.2, 0) is 11.3 Å². The van der Waals surface area contributed by atoms with Crippen LogP contribution in [-0.4, -0.2) is 62.1 Å². The fraction of sp³-hybridized carbons (Fsp3) is 0.379. The second kappa shape index (κ2) is 11.4. The molecule has 1 amide bonds. The molecule has 38 heavy (non-hydrogen) atoms. The summed E-state index contributed by atoms with van der Waals surface area (Å²) in [6.07, 6.45) is 4.33. The third-order valence-electron chi connectivity index (χ3n) is 7.06. The summed E-state index contributed by atoms with van der Waals surface area (Å²) in [4.78, 5) is 38.8. The number of anilines is 1. The molecule has 1 aromatic carbocycles. The third-order valence-corrected chi connectivity index (χ3v) is 8.44. The van der Waals surface area contributed by atoms with Crippen molar-refractivity contribution in [2.45, 2.75) is 33.7 Å². The average molecular weight is 548 g/mol. The van der Waals surface area contributed by atoms with Crippen molar-refractivity contribution in [2.24, 2.45) is 5.92 Å². The number of hydrogen-bond donors (Lipinski definition) is 0. The second-order valence-corrected chi connectivity index (χ2v) is 12.0. The van der Waals surface area contributed by atoms with Crippen molar-refractivity contribution in [2.75, 3.05) is 37.6 Å². The number of carbonyl (C=O) groups is 1. The van der Waals surface area contributed by atoms with E-state index in [0.717, 1.165) is 44.7 Å². The molecule has 198 valence electrons. The van der Waals surface area contributed by atoms with E-state index in [1.165, 1.54) is 17.3 Å². The molecule has 3 aromatic rings. The van der Waals surface area contributed by atoms with Crippen LogP contribution in [0.15, 0.2) is 58.4 Å². The summed E-state index contributed by atoms with van der Waals surface area (Å²) < 4.78 is 2.12. The van der Waals surface area contributed by atoms with Gasteiger partial charge in [0, 0.05) is 45.5 Å². The van der Waals surface area contributed by atoms with E-state index in [9.17, 15) is 9.59 Å². The number of thioether (sulfide) groups is 1. The zero-order chi connectivity index (χ0) is 26.8. The monoisotopic (exact) mass is 547 g/mol. The van der Waals surface area contributed by atoms with E-state index in [1.54, 1.807) is 21.6 Å². The molecule has 0 N–H and O–H groups in total. The topological polar surface area (TPSA) is 61.2 Å². The number of rotatable bonds is 7. The number of amides is 1. The molecule has 2 saturated heterocycles. The lowest BCUT2D eigenvalue weighted by atomic mass is 10.1. The van der Waals surface area contributed by atoms with Gasteiger partial charge in [0.2, 0.25) is 0 Å². The highest BCUT2D eigenvalue weighted by Crippen LogP contribution is 2.34. The van der Waals surface area contributed by atoms with Crippen LogP contribution in [0, 0.1) is 12.8 Å². The van der Waals surface area contributed by atoms with Gasteiger partial charge in [0.05, 0.1) is 10.5 Å². The number of thiocarbonyl (C=S) groups is 1. The van der Waals surface area contributed by atoms with Crippen LogP contribution in [0.3, 0.4) is 0 Å². The predicted molar refractivity (Wildman–Crippen MR) is 159 cm³/mol. The van der Waals surface area contributed by atoms with Crippen molar-refractivity contribution in [1.82, 2.24) is 19.2 Å². The quantitative estimate of drug-likeness (QED) is 0.317. The molecule has 0 aliphatic carbocycles. The maximum atomic E-state index is 13.8. The van der Waals surface area contributed by atoms with Crippen LogP contribution in [0.1, 0.15) is 37.0 Å². The molecule has 0 unspecified atom stereocenters. The molecule has 0 saturated carbocycles. The maximum absolute atomic E-state index is 13.8. The van der Waals surface area contributed by atoms with Crippen molar-refractivity contribution >= 4 is 51.7 Å². The minimum Gasteiger partial charge on any atom is -0.353 e. The van der Waals surface area contributed by atoms with E-state index in [0.29, 0.717) is 38.7 Å². The largest absolute Gasteiger partial charge is 0.353 e. The van der Waals surface area contributed by atoms with Gasteiger partial charge >= 0.3 is 0 Å². The molecule has 2 aliphatic heterocycles. The number of nitrogens with zero attached hydrogens (tertiary/aromatic N) is 5. The molecular weight excluding hydrogens is 514 g/mol. The molecule has 0 spiro atoms. The van der Waals surface area contributed by atoms with Crippen LogP contribution >= 0.6 is 24.0 Å². The Labute approximate surface area is 233 Å². The zero-order valence-corrected chi connectivity index (χ0v) is 23.7. The average Bonchev–Trinajstić information content (AvgIpc) is 3.17. The Balaban J connectivity index is 1.47. The summed E-state index contributed by atoms with van der Waals surface area (Å²) in [6, 6.07) is 14.3. The van der Waals surface area contributed by atoms with E-state index < -0.39 is 0 Å². The van der Waals surface area contributed by atoms with E-state index in [2.05, 4.69) is 47.9 Å². The Bertz CT molecular complexity index is 1440. The minimum atomic E-state index is -0.173. The molecule has 2 fully saturated rings. The first-order chi connectivity index (χ1) is 18.3. The highest BCUT2D eigenvalue weighted by molar-refractivity contribution is 8.26. The van der Waals surface area contributed by atoms with Crippen LogP contribution < -0.4 is 10.5 Å². The smallest absolute Gasteiger partial charge is 0.267 e. The highest BCUT2D eigenvalue weighted by Gasteiger charge is 2.33. The number of piperazine rings is 1. The van der Waals surface area contributed by atoms with Crippen LogP contribution in [0.4, 0.5) is 5.82 Å². The second-order valence-electron chi connectivity index (χ2n) is 10.3.